The summed E-state index contributed by atoms with van der Waals surface area (Å²) in [6.07, 6.45) is -4.68. The fourth-order valence-electron chi connectivity index (χ4n) is 2.50. The van der Waals surface area contributed by atoms with Gasteiger partial charge in [0.05, 0.1) is 21.5 Å². The van der Waals surface area contributed by atoms with Crippen LogP contribution in [0.15, 0.2) is 28.4 Å². The molecule has 3 aromatic rings. The molecular weight excluding hydrogens is 359 g/mol. The Labute approximate surface area is 143 Å². The van der Waals surface area contributed by atoms with Crippen molar-refractivity contribution in [2.75, 3.05) is 0 Å². The SMILES string of the molecule is CC(C)n1c(=S)[nH]c(=O)c2c(C(F)(F)F)cc(-c3cccs3)nc21. The maximum atomic E-state index is 13.5. The van der Waals surface area contributed by atoms with E-state index >= 15 is 0 Å². The highest BCUT2D eigenvalue weighted by Crippen LogP contribution is 2.36. The molecule has 0 aromatic carbocycles. The lowest BCUT2D eigenvalue weighted by molar-refractivity contribution is -0.136. The van der Waals surface area contributed by atoms with Gasteiger partial charge in [0.1, 0.15) is 5.65 Å². The van der Waals surface area contributed by atoms with Crippen molar-refractivity contribution < 1.29 is 13.2 Å². The lowest BCUT2D eigenvalue weighted by Gasteiger charge is -2.17. The molecule has 0 spiro atoms. The Kier molecular flexibility index (Phi) is 4.08. The van der Waals surface area contributed by atoms with Crippen LogP contribution in [0.3, 0.4) is 0 Å². The highest BCUT2D eigenvalue weighted by Gasteiger charge is 2.35. The third-order valence-electron chi connectivity index (χ3n) is 3.49. The van der Waals surface area contributed by atoms with Crippen LogP contribution in [-0.2, 0) is 6.18 Å². The molecule has 0 fully saturated rings. The van der Waals surface area contributed by atoms with E-state index in [-0.39, 0.29) is 22.2 Å². The largest absolute Gasteiger partial charge is 0.417 e. The molecule has 9 heteroatoms. The molecular formula is C15H12F3N3OS2. The van der Waals surface area contributed by atoms with Crippen LogP contribution >= 0.6 is 23.6 Å². The highest BCUT2D eigenvalue weighted by molar-refractivity contribution is 7.71. The summed E-state index contributed by atoms with van der Waals surface area (Å²) in [5.74, 6) is 0. The van der Waals surface area contributed by atoms with Crippen LogP contribution in [0.5, 0.6) is 0 Å². The fourth-order valence-corrected chi connectivity index (χ4v) is 3.58. The number of nitrogens with one attached hydrogen (secondary N) is 1. The summed E-state index contributed by atoms with van der Waals surface area (Å²) in [6.45, 7) is 3.53. The van der Waals surface area contributed by atoms with Gasteiger partial charge in [-0.2, -0.15) is 13.2 Å². The smallest absolute Gasteiger partial charge is 0.300 e. The number of aromatic amines is 1. The van der Waals surface area contributed by atoms with Crippen molar-refractivity contribution in [2.45, 2.75) is 26.1 Å². The van der Waals surface area contributed by atoms with E-state index in [9.17, 15) is 18.0 Å². The summed E-state index contributed by atoms with van der Waals surface area (Å²) in [4.78, 5) is 19.4. The van der Waals surface area contributed by atoms with Crippen molar-refractivity contribution in [1.82, 2.24) is 14.5 Å². The van der Waals surface area contributed by atoms with E-state index < -0.39 is 22.7 Å². The summed E-state index contributed by atoms with van der Waals surface area (Å²) in [5, 5.41) is 1.26. The number of H-pyrrole nitrogens is 1. The Morgan fingerprint density at radius 3 is 2.62 bits per heavy atom. The van der Waals surface area contributed by atoms with Gasteiger partial charge in [0.25, 0.3) is 5.56 Å². The topological polar surface area (TPSA) is 50.7 Å². The quantitative estimate of drug-likeness (QED) is 0.660. The lowest BCUT2D eigenvalue weighted by atomic mass is 10.1. The van der Waals surface area contributed by atoms with Crippen molar-refractivity contribution >= 4 is 34.6 Å². The molecule has 0 amide bonds. The van der Waals surface area contributed by atoms with Crippen molar-refractivity contribution in [1.29, 1.82) is 0 Å². The van der Waals surface area contributed by atoms with Crippen LogP contribution in [0.1, 0.15) is 25.5 Å². The number of halogens is 3. The van der Waals surface area contributed by atoms with Crippen molar-refractivity contribution in [3.8, 4) is 10.6 Å². The monoisotopic (exact) mass is 371 g/mol. The van der Waals surface area contributed by atoms with E-state index in [2.05, 4.69) is 9.97 Å². The number of hydrogen-bond donors (Lipinski definition) is 1. The zero-order chi connectivity index (χ0) is 17.6. The third-order valence-corrected chi connectivity index (χ3v) is 4.68. The Morgan fingerprint density at radius 1 is 1.38 bits per heavy atom. The lowest BCUT2D eigenvalue weighted by Crippen LogP contribution is -2.21. The van der Waals surface area contributed by atoms with Crippen LogP contribution in [0.2, 0.25) is 0 Å². The minimum atomic E-state index is -4.68. The second-order valence-corrected chi connectivity index (χ2v) is 6.79. The average Bonchev–Trinajstić information content (AvgIpc) is 2.98. The van der Waals surface area contributed by atoms with Gasteiger partial charge in [-0.05, 0) is 43.6 Å². The summed E-state index contributed by atoms with van der Waals surface area (Å²) in [7, 11) is 0. The molecule has 0 saturated carbocycles. The molecule has 0 aliphatic carbocycles. The maximum Gasteiger partial charge on any atom is 0.417 e. The highest BCUT2D eigenvalue weighted by atomic mass is 32.1. The van der Waals surface area contributed by atoms with E-state index in [1.54, 1.807) is 31.4 Å². The second kappa shape index (κ2) is 5.82. The third kappa shape index (κ3) is 2.78. The second-order valence-electron chi connectivity index (χ2n) is 5.45. The summed E-state index contributed by atoms with van der Waals surface area (Å²) < 4.78 is 42.1. The van der Waals surface area contributed by atoms with Gasteiger partial charge in [-0.3, -0.25) is 14.3 Å². The van der Waals surface area contributed by atoms with Crippen LogP contribution in [0.4, 0.5) is 13.2 Å². The van der Waals surface area contributed by atoms with Gasteiger partial charge in [-0.15, -0.1) is 11.3 Å². The molecule has 0 unspecified atom stereocenters. The minimum absolute atomic E-state index is 0.0476. The van der Waals surface area contributed by atoms with Crippen molar-refractivity contribution in [3.63, 3.8) is 0 Å². The van der Waals surface area contributed by atoms with Gasteiger partial charge in [0.15, 0.2) is 4.77 Å². The molecule has 3 aromatic heterocycles. The average molecular weight is 371 g/mol. The molecule has 0 atom stereocenters. The van der Waals surface area contributed by atoms with E-state index in [0.717, 1.165) is 6.07 Å². The molecule has 0 bridgehead atoms. The molecule has 0 aliphatic heterocycles. The number of hydrogen-bond acceptors (Lipinski definition) is 4. The summed E-state index contributed by atoms with van der Waals surface area (Å²) >= 11 is 6.39. The van der Waals surface area contributed by atoms with E-state index in [0.29, 0.717) is 4.88 Å². The van der Waals surface area contributed by atoms with Crippen molar-refractivity contribution in [2.24, 2.45) is 0 Å². The van der Waals surface area contributed by atoms with Gasteiger partial charge in [0.2, 0.25) is 0 Å². The maximum absolute atomic E-state index is 13.5. The number of pyridine rings is 1. The molecule has 126 valence electrons. The Morgan fingerprint density at radius 2 is 2.08 bits per heavy atom. The molecule has 0 aliphatic rings. The standard InChI is InChI=1S/C15H12F3N3OS2/c1-7(2)21-12-11(13(22)20-14(21)23)8(15(16,17)18)6-9(19-12)10-4-3-5-24-10/h3-7H,1-2H3,(H,20,22,23). The number of aromatic nitrogens is 3. The van der Waals surface area contributed by atoms with Gasteiger partial charge < -0.3 is 0 Å². The van der Waals surface area contributed by atoms with Crippen LogP contribution in [0, 0.1) is 4.77 Å². The Hall–Kier alpha value is -2.00. The molecule has 3 heterocycles. The van der Waals surface area contributed by atoms with Crippen LogP contribution < -0.4 is 5.56 Å². The molecule has 0 radical (unpaired) electrons. The van der Waals surface area contributed by atoms with Crippen LogP contribution in [0.25, 0.3) is 21.6 Å². The predicted octanol–water partition coefficient (Wildman–Crippen LogP) is 4.78. The summed E-state index contributed by atoms with van der Waals surface area (Å²) in [5.41, 5.74) is -1.79. The summed E-state index contributed by atoms with van der Waals surface area (Å²) in [6, 6.07) is 4.06. The Bertz CT molecular complexity index is 1020. The molecule has 3 rings (SSSR count). The normalized spacial score (nSPS) is 12.2. The molecule has 24 heavy (non-hydrogen) atoms. The van der Waals surface area contributed by atoms with Gasteiger partial charge in [-0.1, -0.05) is 6.07 Å². The Balaban J connectivity index is 2.55. The minimum Gasteiger partial charge on any atom is -0.300 e. The van der Waals surface area contributed by atoms with E-state index in [1.807, 2.05) is 0 Å². The number of rotatable bonds is 2. The van der Waals surface area contributed by atoms with E-state index in [1.165, 1.54) is 15.9 Å². The first-order valence-corrected chi connectivity index (χ1v) is 8.29. The number of alkyl halides is 3. The van der Waals surface area contributed by atoms with Gasteiger partial charge in [0, 0.05) is 6.04 Å². The van der Waals surface area contributed by atoms with Gasteiger partial charge >= 0.3 is 6.18 Å². The van der Waals surface area contributed by atoms with Crippen LogP contribution in [-0.4, -0.2) is 14.5 Å². The van der Waals surface area contributed by atoms with Crippen molar-refractivity contribution in [3.05, 3.63) is 44.3 Å². The number of fused-ring (bicyclic) bond motifs is 1. The molecule has 4 nitrogen and oxygen atoms in total. The van der Waals surface area contributed by atoms with Gasteiger partial charge in [-0.25, -0.2) is 4.98 Å². The first-order valence-electron chi connectivity index (χ1n) is 7.01. The fraction of sp³-hybridized carbons (Fsp3) is 0.267. The first-order chi connectivity index (χ1) is 11.2. The van der Waals surface area contributed by atoms with E-state index in [4.69, 9.17) is 12.2 Å². The zero-order valence-corrected chi connectivity index (χ0v) is 14.3. The number of nitrogens with zero attached hydrogens (tertiary/aromatic N) is 2. The first kappa shape index (κ1) is 16.8. The number of thiophene rings is 1. The zero-order valence-electron chi connectivity index (χ0n) is 12.6. The predicted molar refractivity (Wildman–Crippen MR) is 89.9 cm³/mol. The molecule has 1 N–H and O–H groups in total. The molecule has 0 saturated heterocycles.